The molecule has 0 aliphatic carbocycles. The maximum atomic E-state index is 10.1. The average molecular weight is 173 g/mol. The molecule has 13 heavy (non-hydrogen) atoms. The van der Waals surface area contributed by atoms with E-state index in [9.17, 15) is 4.79 Å². The smallest absolute Gasteiger partial charge is 0.277 e. The second kappa shape index (κ2) is 3.18. The average Bonchev–Trinajstić information content (AvgIpc) is 2.67. The number of hydrogen-bond donors (Lipinski definition) is 0. The Hall–Kier alpha value is -1.97. The molecule has 0 aliphatic heterocycles. The van der Waals surface area contributed by atoms with Gasteiger partial charge < -0.3 is 4.52 Å². The van der Waals surface area contributed by atoms with E-state index >= 15 is 0 Å². The van der Waals surface area contributed by atoms with Gasteiger partial charge in [0.1, 0.15) is 0 Å². The van der Waals surface area contributed by atoms with Crippen molar-refractivity contribution in [2.24, 2.45) is 0 Å². The van der Waals surface area contributed by atoms with Crippen LogP contribution in [-0.4, -0.2) is 16.4 Å². The fourth-order valence-corrected chi connectivity index (χ4v) is 0.963. The Bertz CT molecular complexity index is 409. The first kappa shape index (κ1) is 7.67. The topological polar surface area (TPSA) is 56.0 Å². The highest BCUT2D eigenvalue weighted by atomic mass is 16.5. The van der Waals surface area contributed by atoms with Gasteiger partial charge in [-0.2, -0.15) is 4.98 Å². The summed E-state index contributed by atoms with van der Waals surface area (Å²) in [6, 6.07) is 9.23. The zero-order valence-corrected chi connectivity index (χ0v) is 6.60. The van der Waals surface area contributed by atoms with Crippen LogP contribution in [0.1, 0.15) is 5.82 Å². The van der Waals surface area contributed by atoms with Crippen molar-refractivity contribution in [1.29, 1.82) is 0 Å². The third-order valence-electron chi connectivity index (χ3n) is 1.54. The number of carbonyl (C=O) groups excluding carboxylic acids is 1. The van der Waals surface area contributed by atoms with E-state index in [1.54, 1.807) is 6.29 Å². The van der Waals surface area contributed by atoms with Gasteiger partial charge in [0.15, 0.2) is 0 Å². The monoisotopic (exact) mass is 173 g/mol. The molecule has 2 rings (SSSR count). The van der Waals surface area contributed by atoms with Crippen LogP contribution in [0, 0.1) is 0 Å². The predicted molar refractivity (Wildman–Crippen MR) is 44.5 cm³/mol. The highest BCUT2D eigenvalue weighted by molar-refractivity contribution is 5.70. The quantitative estimate of drug-likeness (QED) is 0.684. The van der Waals surface area contributed by atoms with Gasteiger partial charge in [-0.25, -0.2) is 0 Å². The van der Waals surface area contributed by atoms with Gasteiger partial charge in [0.05, 0.1) is 0 Å². The van der Waals surface area contributed by atoms with Crippen molar-refractivity contribution < 1.29 is 9.32 Å². The van der Waals surface area contributed by atoms with E-state index in [0.717, 1.165) is 5.56 Å². The summed E-state index contributed by atoms with van der Waals surface area (Å²) in [7, 11) is 0. The van der Waals surface area contributed by atoms with Crippen LogP contribution >= 0.6 is 0 Å². The van der Waals surface area contributed by atoms with Gasteiger partial charge in [-0.1, -0.05) is 23.4 Å². The molecule has 0 spiro atoms. The number of hydrogen-bond acceptors (Lipinski definition) is 4. The first-order chi connectivity index (χ1) is 6.40. The Labute approximate surface area is 74.2 Å². The van der Waals surface area contributed by atoms with Crippen molar-refractivity contribution >= 4 is 6.29 Å². The maximum Gasteiger partial charge on any atom is 0.277 e. The summed E-state index contributed by atoms with van der Waals surface area (Å²) in [6.07, 6.45) is 1.55. The van der Waals surface area contributed by atoms with Crippen LogP contribution < -0.4 is 0 Å². The van der Waals surface area contributed by atoms with Crippen molar-refractivity contribution in [2.75, 3.05) is 0 Å². The largest absolute Gasteiger partial charge is 0.333 e. The molecule has 1 heterocycles. The second-order valence-corrected chi connectivity index (χ2v) is 2.39. The van der Waals surface area contributed by atoms with Crippen molar-refractivity contribution in [3.63, 3.8) is 0 Å². The molecule has 1 aromatic carbocycles. The summed E-state index contributed by atoms with van der Waals surface area (Å²) in [5.41, 5.74) is 0.788. The number of rotatable bonds is 2. The molecule has 1 radical (unpaired) electrons. The van der Waals surface area contributed by atoms with Gasteiger partial charge in [0, 0.05) is 5.56 Å². The van der Waals surface area contributed by atoms with Crippen LogP contribution in [0.25, 0.3) is 11.5 Å². The summed E-state index contributed by atoms with van der Waals surface area (Å²) in [6.45, 7) is 0. The molecule has 0 unspecified atom stereocenters. The van der Waals surface area contributed by atoms with E-state index in [2.05, 4.69) is 10.1 Å². The molecule has 1 aromatic heterocycles. The van der Waals surface area contributed by atoms with Crippen molar-refractivity contribution in [2.45, 2.75) is 0 Å². The summed E-state index contributed by atoms with van der Waals surface area (Å²) >= 11 is 0. The van der Waals surface area contributed by atoms with Crippen molar-refractivity contribution in [3.05, 3.63) is 36.2 Å². The van der Waals surface area contributed by atoms with Crippen LogP contribution in [0.5, 0.6) is 0 Å². The van der Waals surface area contributed by atoms with Gasteiger partial charge in [-0.15, -0.1) is 0 Å². The van der Waals surface area contributed by atoms with Crippen LogP contribution in [0.4, 0.5) is 0 Å². The van der Waals surface area contributed by atoms with Crippen molar-refractivity contribution in [3.8, 4) is 11.5 Å². The molecule has 0 atom stereocenters. The van der Waals surface area contributed by atoms with Crippen LogP contribution in [0.15, 0.2) is 34.9 Å². The molecule has 4 heteroatoms. The fraction of sp³-hybridized carbons (Fsp3) is 0. The third kappa shape index (κ3) is 1.46. The Morgan fingerprint density at radius 1 is 1.23 bits per heavy atom. The van der Waals surface area contributed by atoms with Crippen molar-refractivity contribution in [1.82, 2.24) is 10.1 Å². The molecular formula is C9H5N2O2. The van der Waals surface area contributed by atoms with Gasteiger partial charge >= 0.3 is 0 Å². The molecule has 0 aliphatic rings. The van der Waals surface area contributed by atoms with E-state index in [0.29, 0.717) is 5.89 Å². The predicted octanol–water partition coefficient (Wildman–Crippen LogP) is 1.19. The van der Waals surface area contributed by atoms with Gasteiger partial charge in [0.2, 0.25) is 5.82 Å². The van der Waals surface area contributed by atoms with Gasteiger partial charge in [0.25, 0.3) is 12.2 Å². The Balaban J connectivity index is 2.41. The highest BCUT2D eigenvalue weighted by Crippen LogP contribution is 2.15. The standard InChI is InChI=1S/C9H5N2O2/c12-6-8-10-9(13-11-8)7-4-2-1-3-5-7/h1-5H. The first-order valence-electron chi connectivity index (χ1n) is 3.67. The first-order valence-corrected chi connectivity index (χ1v) is 3.67. The van der Waals surface area contributed by atoms with E-state index in [-0.39, 0.29) is 5.82 Å². The lowest BCUT2D eigenvalue weighted by molar-refractivity contribution is 0.427. The van der Waals surface area contributed by atoms with Crippen LogP contribution in [-0.2, 0) is 4.79 Å². The minimum Gasteiger partial charge on any atom is -0.333 e. The lowest BCUT2D eigenvalue weighted by Crippen LogP contribution is -1.81. The summed E-state index contributed by atoms with van der Waals surface area (Å²) in [4.78, 5) is 13.9. The van der Waals surface area contributed by atoms with Crippen LogP contribution in [0.2, 0.25) is 0 Å². The molecule has 0 fully saturated rings. The zero-order valence-electron chi connectivity index (χ0n) is 6.60. The lowest BCUT2D eigenvalue weighted by Gasteiger charge is -1.89. The molecule has 0 amide bonds. The Morgan fingerprint density at radius 2 is 2.00 bits per heavy atom. The number of benzene rings is 1. The summed E-state index contributed by atoms with van der Waals surface area (Å²) in [5, 5.41) is 3.40. The summed E-state index contributed by atoms with van der Waals surface area (Å²) < 4.78 is 4.82. The van der Waals surface area contributed by atoms with E-state index in [4.69, 9.17) is 4.52 Å². The minimum atomic E-state index is -0.0566. The highest BCUT2D eigenvalue weighted by Gasteiger charge is 2.06. The Morgan fingerprint density at radius 3 is 2.62 bits per heavy atom. The van der Waals surface area contributed by atoms with E-state index in [1.807, 2.05) is 30.3 Å². The Kier molecular flexibility index (Phi) is 1.88. The van der Waals surface area contributed by atoms with Crippen LogP contribution in [0.3, 0.4) is 0 Å². The summed E-state index contributed by atoms with van der Waals surface area (Å²) in [5.74, 6) is 0.276. The molecule has 63 valence electrons. The van der Waals surface area contributed by atoms with Gasteiger partial charge in [-0.3, -0.25) is 4.79 Å². The molecule has 4 nitrogen and oxygen atoms in total. The lowest BCUT2D eigenvalue weighted by atomic mass is 10.2. The molecule has 0 saturated heterocycles. The SMILES string of the molecule is O=[C]c1noc(-c2ccccc2)n1. The minimum absolute atomic E-state index is 0.0566. The maximum absolute atomic E-state index is 10.1. The van der Waals surface area contributed by atoms with Gasteiger partial charge in [-0.05, 0) is 12.1 Å². The zero-order chi connectivity index (χ0) is 9.10. The van der Waals surface area contributed by atoms with E-state index < -0.39 is 0 Å². The molecule has 2 aromatic rings. The molecular weight excluding hydrogens is 168 g/mol. The number of nitrogens with zero attached hydrogens (tertiary/aromatic N) is 2. The third-order valence-corrected chi connectivity index (χ3v) is 1.54. The number of aromatic nitrogens is 2. The molecule has 0 bridgehead atoms. The normalized spacial score (nSPS) is 9.85. The molecule has 0 saturated carbocycles. The second-order valence-electron chi connectivity index (χ2n) is 2.39. The fourth-order valence-electron chi connectivity index (χ4n) is 0.963. The molecule has 0 N–H and O–H groups in total. The van der Waals surface area contributed by atoms with E-state index in [1.165, 1.54) is 0 Å².